The largest absolute Gasteiger partial charge is 0.508 e. The second-order valence-corrected chi connectivity index (χ2v) is 7.42. The van der Waals surface area contributed by atoms with E-state index in [1.807, 2.05) is 42.5 Å². The third-order valence-corrected chi connectivity index (χ3v) is 4.05. The predicted octanol–water partition coefficient (Wildman–Crippen LogP) is 5.11. The Bertz CT molecular complexity index is 687. The lowest BCUT2D eigenvalue weighted by Gasteiger charge is -2.26. The summed E-state index contributed by atoms with van der Waals surface area (Å²) in [5.41, 5.74) is 2.56. The van der Waals surface area contributed by atoms with E-state index in [9.17, 15) is 9.90 Å². The van der Waals surface area contributed by atoms with Gasteiger partial charge in [0.25, 0.3) is 0 Å². The molecule has 0 saturated heterocycles. The number of rotatable bonds is 5. The molecule has 24 heavy (non-hydrogen) atoms. The van der Waals surface area contributed by atoms with Crippen LogP contribution in [0.3, 0.4) is 0 Å². The number of phenols is 1. The summed E-state index contributed by atoms with van der Waals surface area (Å²) in [6.07, 6.45) is 1.53. The molecule has 2 N–H and O–H groups in total. The van der Waals surface area contributed by atoms with Gasteiger partial charge in [-0.1, -0.05) is 58.0 Å². The molecule has 0 fully saturated rings. The maximum absolute atomic E-state index is 12.9. The molecule has 0 aromatic heterocycles. The maximum atomic E-state index is 12.9. The van der Waals surface area contributed by atoms with Gasteiger partial charge < -0.3 is 10.4 Å². The lowest BCUT2D eigenvalue weighted by Crippen LogP contribution is -2.25. The summed E-state index contributed by atoms with van der Waals surface area (Å²) in [6.45, 7) is 8.39. The van der Waals surface area contributed by atoms with Gasteiger partial charge in [-0.2, -0.15) is 0 Å². The molecule has 0 bridgehead atoms. The zero-order valence-corrected chi connectivity index (χ0v) is 15.0. The molecule has 2 aromatic carbocycles. The van der Waals surface area contributed by atoms with Crippen LogP contribution >= 0.6 is 0 Å². The van der Waals surface area contributed by atoms with E-state index in [4.69, 9.17) is 0 Å². The van der Waals surface area contributed by atoms with Crippen molar-refractivity contribution < 1.29 is 9.90 Å². The standard InChI is InChI=1S/C21H27NO2/c1-5-15-11-12-19(23)17(13-15)18(14-21(2,3)4)20(24)22-16-9-7-6-8-10-16/h6-13,18,23H,5,14H2,1-4H3,(H,22,24). The quantitative estimate of drug-likeness (QED) is 0.802. The summed E-state index contributed by atoms with van der Waals surface area (Å²) in [5, 5.41) is 13.3. The summed E-state index contributed by atoms with van der Waals surface area (Å²) >= 11 is 0. The van der Waals surface area contributed by atoms with E-state index in [0.717, 1.165) is 17.7 Å². The molecule has 1 unspecified atom stereocenters. The number of hydrogen-bond acceptors (Lipinski definition) is 2. The number of aromatic hydroxyl groups is 1. The van der Waals surface area contributed by atoms with Crippen LogP contribution in [0, 0.1) is 5.41 Å². The molecular formula is C21H27NO2. The molecule has 0 heterocycles. The van der Waals surface area contributed by atoms with Crippen LogP contribution in [0.25, 0.3) is 0 Å². The Morgan fingerprint density at radius 1 is 1.12 bits per heavy atom. The predicted molar refractivity (Wildman–Crippen MR) is 99.4 cm³/mol. The van der Waals surface area contributed by atoms with Crippen LogP contribution in [0.2, 0.25) is 0 Å². The van der Waals surface area contributed by atoms with Gasteiger partial charge in [0.2, 0.25) is 5.91 Å². The van der Waals surface area contributed by atoms with Crippen LogP contribution in [0.15, 0.2) is 48.5 Å². The fourth-order valence-corrected chi connectivity index (χ4v) is 2.81. The molecule has 3 heteroatoms. The molecule has 2 aromatic rings. The van der Waals surface area contributed by atoms with Crippen LogP contribution < -0.4 is 5.32 Å². The number of anilines is 1. The number of amides is 1. The van der Waals surface area contributed by atoms with Crippen molar-refractivity contribution in [1.82, 2.24) is 0 Å². The molecule has 0 spiro atoms. The van der Waals surface area contributed by atoms with E-state index in [2.05, 4.69) is 33.0 Å². The minimum absolute atomic E-state index is 0.0344. The lowest BCUT2D eigenvalue weighted by molar-refractivity contribution is -0.118. The van der Waals surface area contributed by atoms with Crippen LogP contribution in [-0.4, -0.2) is 11.0 Å². The number of carbonyl (C=O) groups is 1. The van der Waals surface area contributed by atoms with Gasteiger partial charge >= 0.3 is 0 Å². The van der Waals surface area contributed by atoms with Crippen molar-refractivity contribution in [3.8, 4) is 5.75 Å². The normalized spacial score (nSPS) is 12.7. The Morgan fingerprint density at radius 3 is 2.38 bits per heavy atom. The van der Waals surface area contributed by atoms with E-state index in [0.29, 0.717) is 12.0 Å². The average molecular weight is 325 g/mol. The van der Waals surface area contributed by atoms with Crippen LogP contribution in [-0.2, 0) is 11.2 Å². The first kappa shape index (κ1) is 18.1. The Hall–Kier alpha value is -2.29. The fraction of sp³-hybridized carbons (Fsp3) is 0.381. The Balaban J connectivity index is 2.36. The van der Waals surface area contributed by atoms with Crippen LogP contribution in [0.4, 0.5) is 5.69 Å². The molecule has 1 amide bonds. The van der Waals surface area contributed by atoms with Crippen molar-refractivity contribution in [1.29, 1.82) is 0 Å². The Morgan fingerprint density at radius 2 is 1.79 bits per heavy atom. The average Bonchev–Trinajstić information content (AvgIpc) is 2.53. The molecule has 3 nitrogen and oxygen atoms in total. The van der Waals surface area contributed by atoms with E-state index in [-0.39, 0.29) is 17.1 Å². The molecule has 0 aliphatic rings. The second-order valence-electron chi connectivity index (χ2n) is 7.42. The molecule has 0 radical (unpaired) electrons. The van der Waals surface area contributed by atoms with E-state index >= 15 is 0 Å². The number of hydrogen-bond donors (Lipinski definition) is 2. The molecule has 0 aliphatic heterocycles. The van der Waals surface area contributed by atoms with Gasteiger partial charge in [0, 0.05) is 11.3 Å². The number of aryl methyl sites for hydroxylation is 1. The van der Waals surface area contributed by atoms with E-state index < -0.39 is 5.92 Å². The maximum Gasteiger partial charge on any atom is 0.232 e. The van der Waals surface area contributed by atoms with Crippen LogP contribution in [0.5, 0.6) is 5.75 Å². The zero-order valence-electron chi connectivity index (χ0n) is 15.0. The van der Waals surface area contributed by atoms with E-state index in [1.54, 1.807) is 6.07 Å². The summed E-state index contributed by atoms with van der Waals surface area (Å²) < 4.78 is 0. The van der Waals surface area contributed by atoms with Gasteiger partial charge in [0.15, 0.2) is 0 Å². The van der Waals surface area contributed by atoms with Gasteiger partial charge in [-0.3, -0.25) is 4.79 Å². The highest BCUT2D eigenvalue weighted by Crippen LogP contribution is 2.36. The van der Waals surface area contributed by atoms with Crippen molar-refractivity contribution in [2.45, 2.75) is 46.5 Å². The minimum atomic E-state index is -0.392. The smallest absolute Gasteiger partial charge is 0.232 e. The van der Waals surface area contributed by atoms with Crippen molar-refractivity contribution in [2.75, 3.05) is 5.32 Å². The molecular weight excluding hydrogens is 298 g/mol. The van der Waals surface area contributed by atoms with Crippen molar-refractivity contribution in [3.05, 3.63) is 59.7 Å². The second kappa shape index (κ2) is 7.52. The number of benzene rings is 2. The van der Waals surface area contributed by atoms with Crippen LogP contribution in [0.1, 0.15) is 51.2 Å². The highest BCUT2D eigenvalue weighted by molar-refractivity contribution is 5.96. The molecule has 2 rings (SSSR count). The highest BCUT2D eigenvalue weighted by Gasteiger charge is 2.28. The zero-order chi connectivity index (χ0) is 17.7. The van der Waals surface area contributed by atoms with Crippen molar-refractivity contribution >= 4 is 11.6 Å². The first-order chi connectivity index (χ1) is 11.3. The SMILES string of the molecule is CCc1ccc(O)c(C(CC(C)(C)C)C(=O)Nc2ccccc2)c1. The monoisotopic (exact) mass is 325 g/mol. The first-order valence-electron chi connectivity index (χ1n) is 8.48. The topological polar surface area (TPSA) is 49.3 Å². The molecule has 1 atom stereocenters. The minimum Gasteiger partial charge on any atom is -0.508 e. The lowest BCUT2D eigenvalue weighted by atomic mass is 9.80. The molecule has 0 saturated carbocycles. The third-order valence-electron chi connectivity index (χ3n) is 4.05. The van der Waals surface area contributed by atoms with Gasteiger partial charge in [0.05, 0.1) is 5.92 Å². The summed E-state index contributed by atoms with van der Waals surface area (Å²) in [7, 11) is 0. The third kappa shape index (κ3) is 4.85. The summed E-state index contributed by atoms with van der Waals surface area (Å²) in [5.74, 6) is -0.291. The summed E-state index contributed by atoms with van der Waals surface area (Å²) in [6, 6.07) is 15.0. The van der Waals surface area contributed by atoms with Crippen molar-refractivity contribution in [3.63, 3.8) is 0 Å². The van der Waals surface area contributed by atoms with Crippen molar-refractivity contribution in [2.24, 2.45) is 5.41 Å². The van der Waals surface area contributed by atoms with Gasteiger partial charge in [0.1, 0.15) is 5.75 Å². The number of para-hydroxylation sites is 1. The first-order valence-corrected chi connectivity index (χ1v) is 8.48. The van der Waals surface area contributed by atoms with Gasteiger partial charge in [-0.05, 0) is 42.0 Å². The highest BCUT2D eigenvalue weighted by atomic mass is 16.3. The van der Waals surface area contributed by atoms with Gasteiger partial charge in [-0.25, -0.2) is 0 Å². The molecule has 0 aliphatic carbocycles. The van der Waals surface area contributed by atoms with Gasteiger partial charge in [-0.15, -0.1) is 0 Å². The fourth-order valence-electron chi connectivity index (χ4n) is 2.81. The number of carbonyl (C=O) groups excluding carboxylic acids is 1. The molecule has 128 valence electrons. The number of phenolic OH excluding ortho intramolecular Hbond substituents is 1. The Labute approximate surface area is 144 Å². The van der Waals surface area contributed by atoms with E-state index in [1.165, 1.54) is 0 Å². The number of nitrogens with one attached hydrogen (secondary N) is 1. The Kier molecular flexibility index (Phi) is 5.66. The summed E-state index contributed by atoms with van der Waals surface area (Å²) in [4.78, 5) is 12.9.